The smallest absolute Gasteiger partial charge is 0.202 e. The van der Waals surface area contributed by atoms with Crippen molar-refractivity contribution < 1.29 is 4.39 Å². The van der Waals surface area contributed by atoms with Gasteiger partial charge in [0.05, 0.1) is 5.52 Å². The second kappa shape index (κ2) is 5.15. The van der Waals surface area contributed by atoms with Gasteiger partial charge in [-0.2, -0.15) is 5.10 Å². The minimum Gasteiger partial charge on any atom is -0.321 e. The highest BCUT2D eigenvalue weighted by atomic mass is 32.2. The molecule has 1 aromatic heterocycles. The molecule has 0 atom stereocenters. The number of hydrazine groups is 1. The van der Waals surface area contributed by atoms with E-state index in [9.17, 15) is 4.39 Å². The Kier molecular flexibility index (Phi) is 3.58. The first-order chi connectivity index (χ1) is 8.61. The second-order valence-electron chi connectivity index (χ2n) is 3.46. The maximum atomic E-state index is 13.2. The van der Waals surface area contributed by atoms with E-state index in [1.165, 1.54) is 23.5 Å². The molecule has 0 aliphatic carbocycles. The molecule has 6 nitrogen and oxygen atoms in total. The van der Waals surface area contributed by atoms with Gasteiger partial charge in [0, 0.05) is 12.4 Å². The molecule has 0 aliphatic heterocycles. The van der Waals surface area contributed by atoms with Crippen LogP contribution in [0.5, 0.6) is 0 Å². The Labute approximate surface area is 107 Å². The Hall–Kier alpha value is -1.93. The number of nitrogens with zero attached hydrogens (tertiary/aromatic N) is 4. The highest BCUT2D eigenvalue weighted by molar-refractivity contribution is 8.13. The van der Waals surface area contributed by atoms with Gasteiger partial charge in [-0.05, 0) is 30.0 Å². The molecule has 18 heavy (non-hydrogen) atoms. The highest BCUT2D eigenvalue weighted by Crippen LogP contribution is 2.26. The minimum absolute atomic E-state index is 0.355. The zero-order valence-corrected chi connectivity index (χ0v) is 10.4. The van der Waals surface area contributed by atoms with Crippen molar-refractivity contribution in [3.8, 4) is 0 Å². The number of rotatable bonds is 1. The number of amidine groups is 1. The molecular formula is C10H11FN6S. The van der Waals surface area contributed by atoms with E-state index in [0.717, 1.165) is 11.8 Å². The number of hydrogen-bond acceptors (Lipinski definition) is 6. The first kappa shape index (κ1) is 12.5. The van der Waals surface area contributed by atoms with Crippen LogP contribution in [-0.4, -0.2) is 27.2 Å². The summed E-state index contributed by atoms with van der Waals surface area (Å²) in [5, 5.41) is 6.29. The Balaban J connectivity index is 2.48. The van der Waals surface area contributed by atoms with Crippen LogP contribution in [-0.2, 0) is 0 Å². The van der Waals surface area contributed by atoms with Crippen molar-refractivity contribution in [2.75, 3.05) is 7.05 Å². The summed E-state index contributed by atoms with van der Waals surface area (Å²) in [5.74, 6) is 10.4. The number of aromatic nitrogens is 2. The zero-order chi connectivity index (χ0) is 13.1. The Morgan fingerprint density at radius 3 is 2.89 bits per heavy atom. The first-order valence-corrected chi connectivity index (χ1v) is 5.78. The molecule has 2 aromatic rings. The standard InChI is InChI=1S/C10H11FN6S/c1-17(13)10(16-12)18-9-7-4-6(11)2-3-8(7)14-5-15-9/h2-5H,12-13H2,1H3/b16-10+. The van der Waals surface area contributed by atoms with Crippen LogP contribution in [0.1, 0.15) is 0 Å². The predicted molar refractivity (Wildman–Crippen MR) is 68.9 cm³/mol. The van der Waals surface area contributed by atoms with E-state index in [4.69, 9.17) is 11.7 Å². The largest absolute Gasteiger partial charge is 0.321 e. The van der Waals surface area contributed by atoms with Crippen molar-refractivity contribution in [3.05, 3.63) is 30.3 Å². The molecule has 0 unspecified atom stereocenters. The van der Waals surface area contributed by atoms with Crippen LogP contribution in [0.4, 0.5) is 4.39 Å². The van der Waals surface area contributed by atoms with Crippen LogP contribution in [0.25, 0.3) is 10.9 Å². The zero-order valence-electron chi connectivity index (χ0n) is 9.54. The quantitative estimate of drug-likeness (QED) is 0.199. The third kappa shape index (κ3) is 2.49. The van der Waals surface area contributed by atoms with Gasteiger partial charge in [-0.25, -0.2) is 20.2 Å². The van der Waals surface area contributed by atoms with E-state index in [1.54, 1.807) is 13.1 Å². The molecule has 2 rings (SSSR count). The normalized spacial score (nSPS) is 11.8. The van der Waals surface area contributed by atoms with Crippen molar-refractivity contribution in [2.24, 2.45) is 16.8 Å². The van der Waals surface area contributed by atoms with E-state index >= 15 is 0 Å². The van der Waals surface area contributed by atoms with Crippen LogP contribution in [0.15, 0.2) is 34.7 Å². The lowest BCUT2D eigenvalue weighted by molar-refractivity contribution is 0.548. The van der Waals surface area contributed by atoms with Crippen molar-refractivity contribution in [1.82, 2.24) is 15.0 Å². The number of benzene rings is 1. The van der Waals surface area contributed by atoms with Crippen molar-refractivity contribution in [2.45, 2.75) is 5.03 Å². The average molecular weight is 266 g/mol. The van der Waals surface area contributed by atoms with Gasteiger partial charge >= 0.3 is 0 Å². The lowest BCUT2D eigenvalue weighted by Crippen LogP contribution is -2.31. The SMILES string of the molecule is CN(N)/C(=N\N)Sc1ncnc2ccc(F)cc12. The summed E-state index contributed by atoms with van der Waals surface area (Å²) in [4.78, 5) is 8.14. The molecular weight excluding hydrogens is 255 g/mol. The molecule has 0 spiro atoms. The summed E-state index contributed by atoms with van der Waals surface area (Å²) in [5.41, 5.74) is 0.643. The van der Waals surface area contributed by atoms with E-state index in [0.29, 0.717) is 21.1 Å². The summed E-state index contributed by atoms with van der Waals surface area (Å²) >= 11 is 1.14. The van der Waals surface area contributed by atoms with Gasteiger partial charge in [0.15, 0.2) is 0 Å². The number of hydrazone groups is 1. The Bertz CT molecular complexity index is 600. The molecule has 4 N–H and O–H groups in total. The monoisotopic (exact) mass is 266 g/mol. The van der Waals surface area contributed by atoms with Gasteiger partial charge in [-0.15, -0.1) is 0 Å². The summed E-state index contributed by atoms with van der Waals surface area (Å²) in [6.07, 6.45) is 1.40. The number of nitrogens with two attached hydrogens (primary N) is 2. The van der Waals surface area contributed by atoms with E-state index < -0.39 is 0 Å². The lowest BCUT2D eigenvalue weighted by atomic mass is 10.2. The Morgan fingerprint density at radius 1 is 1.44 bits per heavy atom. The third-order valence-corrected chi connectivity index (χ3v) is 3.26. The molecule has 0 saturated heterocycles. The van der Waals surface area contributed by atoms with Gasteiger partial charge in [0.25, 0.3) is 0 Å². The summed E-state index contributed by atoms with van der Waals surface area (Å²) in [6.45, 7) is 0. The molecule has 94 valence electrons. The average Bonchev–Trinajstić information content (AvgIpc) is 2.35. The predicted octanol–water partition coefficient (Wildman–Crippen LogP) is 0.896. The van der Waals surface area contributed by atoms with Gasteiger partial charge in [0.2, 0.25) is 5.17 Å². The fourth-order valence-electron chi connectivity index (χ4n) is 1.36. The van der Waals surface area contributed by atoms with Crippen LogP contribution >= 0.6 is 11.8 Å². The molecule has 0 aliphatic rings. The first-order valence-electron chi connectivity index (χ1n) is 4.96. The summed E-state index contributed by atoms with van der Waals surface area (Å²) in [7, 11) is 1.60. The molecule has 0 amide bonds. The van der Waals surface area contributed by atoms with E-state index in [-0.39, 0.29) is 5.82 Å². The van der Waals surface area contributed by atoms with Gasteiger partial charge in [-0.1, -0.05) is 0 Å². The fourth-order valence-corrected chi connectivity index (χ4v) is 2.11. The van der Waals surface area contributed by atoms with Gasteiger partial charge in [0.1, 0.15) is 17.2 Å². The van der Waals surface area contributed by atoms with Crippen LogP contribution in [0, 0.1) is 5.82 Å². The molecule has 0 saturated carbocycles. The molecule has 1 aromatic carbocycles. The maximum absolute atomic E-state index is 13.2. The van der Waals surface area contributed by atoms with Gasteiger partial charge in [-0.3, -0.25) is 5.01 Å². The van der Waals surface area contributed by atoms with Crippen LogP contribution < -0.4 is 11.7 Å². The molecule has 0 bridgehead atoms. The number of thioether (sulfide) groups is 1. The molecule has 0 fully saturated rings. The van der Waals surface area contributed by atoms with Crippen LogP contribution in [0.3, 0.4) is 0 Å². The van der Waals surface area contributed by atoms with Crippen LogP contribution in [0.2, 0.25) is 0 Å². The Morgan fingerprint density at radius 2 is 2.22 bits per heavy atom. The molecule has 0 radical (unpaired) electrons. The lowest BCUT2D eigenvalue weighted by Gasteiger charge is -2.13. The number of hydrogen-bond donors (Lipinski definition) is 2. The van der Waals surface area contributed by atoms with E-state index in [2.05, 4.69) is 15.1 Å². The fraction of sp³-hybridized carbons (Fsp3) is 0.100. The molecule has 1 heterocycles. The minimum atomic E-state index is -0.355. The number of halogens is 1. The van der Waals surface area contributed by atoms with E-state index in [1.807, 2.05) is 0 Å². The highest BCUT2D eigenvalue weighted by Gasteiger charge is 2.11. The van der Waals surface area contributed by atoms with Crippen molar-refractivity contribution in [1.29, 1.82) is 0 Å². The maximum Gasteiger partial charge on any atom is 0.202 e. The second-order valence-corrected chi connectivity index (χ2v) is 4.42. The molecule has 8 heteroatoms. The van der Waals surface area contributed by atoms with Crippen molar-refractivity contribution >= 4 is 27.8 Å². The third-order valence-electron chi connectivity index (χ3n) is 2.16. The van der Waals surface area contributed by atoms with Gasteiger partial charge < -0.3 is 5.84 Å². The summed E-state index contributed by atoms with van der Waals surface area (Å²) < 4.78 is 13.2. The van der Waals surface area contributed by atoms with Crippen molar-refractivity contribution in [3.63, 3.8) is 0 Å². The number of fused-ring (bicyclic) bond motifs is 1. The summed E-state index contributed by atoms with van der Waals surface area (Å²) in [6, 6.07) is 4.29. The topological polar surface area (TPSA) is 93.4 Å².